The van der Waals surface area contributed by atoms with Crippen molar-refractivity contribution in [1.29, 1.82) is 0 Å². The molecule has 3 aromatic rings. The molecule has 2 aromatic heterocycles. The number of sulfone groups is 1. The number of anilines is 1. The molecule has 7 nitrogen and oxygen atoms in total. The topological polar surface area (TPSA) is 94.0 Å². The quantitative estimate of drug-likeness (QED) is 0.705. The molecule has 1 fully saturated rings. The van der Waals surface area contributed by atoms with Crippen molar-refractivity contribution in [1.82, 2.24) is 14.8 Å². The molecule has 0 saturated carbocycles. The van der Waals surface area contributed by atoms with Crippen molar-refractivity contribution in [2.75, 3.05) is 16.8 Å². The first-order valence-electron chi connectivity index (χ1n) is 8.93. The van der Waals surface area contributed by atoms with Gasteiger partial charge in [-0.15, -0.1) is 11.3 Å². The van der Waals surface area contributed by atoms with Crippen LogP contribution in [0.15, 0.2) is 36.4 Å². The Hall–Kier alpha value is -2.52. The molecule has 1 saturated heterocycles. The molecule has 1 unspecified atom stereocenters. The fourth-order valence-electron chi connectivity index (χ4n) is 3.26. The first-order chi connectivity index (χ1) is 13.3. The number of nitrogens with one attached hydrogen (secondary N) is 1. The van der Waals surface area contributed by atoms with E-state index in [0.29, 0.717) is 11.6 Å². The largest absolute Gasteiger partial charge is 0.296 e. The van der Waals surface area contributed by atoms with Crippen LogP contribution in [0.4, 0.5) is 5.13 Å². The maximum Gasteiger partial charge on any atom is 0.277 e. The summed E-state index contributed by atoms with van der Waals surface area (Å²) in [6.45, 7) is 3.84. The number of nitrogens with zero attached hydrogens (tertiary/aromatic N) is 3. The first kappa shape index (κ1) is 18.8. The van der Waals surface area contributed by atoms with Gasteiger partial charge in [0.15, 0.2) is 20.7 Å². The van der Waals surface area contributed by atoms with E-state index in [9.17, 15) is 13.2 Å². The van der Waals surface area contributed by atoms with Crippen molar-refractivity contribution in [3.8, 4) is 11.3 Å². The maximum atomic E-state index is 12.7. The molecule has 1 aliphatic heterocycles. The summed E-state index contributed by atoms with van der Waals surface area (Å²) in [6.07, 6.45) is 0.496. The smallest absolute Gasteiger partial charge is 0.277 e. The summed E-state index contributed by atoms with van der Waals surface area (Å²) in [4.78, 5) is 18.1. The molecule has 0 aliphatic carbocycles. The highest BCUT2D eigenvalue weighted by atomic mass is 32.2. The number of carbonyl (C=O) groups is 1. The van der Waals surface area contributed by atoms with E-state index in [1.165, 1.54) is 11.3 Å². The van der Waals surface area contributed by atoms with Crippen LogP contribution in [0.3, 0.4) is 0 Å². The van der Waals surface area contributed by atoms with E-state index < -0.39 is 9.84 Å². The summed E-state index contributed by atoms with van der Waals surface area (Å²) >= 11 is 1.41. The van der Waals surface area contributed by atoms with Gasteiger partial charge in [-0.3, -0.25) is 14.8 Å². The summed E-state index contributed by atoms with van der Waals surface area (Å²) in [5, 5.41) is 7.80. The highest BCUT2D eigenvalue weighted by Crippen LogP contribution is 2.30. The Morgan fingerprint density at radius 2 is 2.00 bits per heavy atom. The van der Waals surface area contributed by atoms with Crippen LogP contribution in [0.25, 0.3) is 11.3 Å². The normalized spacial score (nSPS) is 18.3. The average Bonchev–Trinajstić information content (AvgIpc) is 3.33. The van der Waals surface area contributed by atoms with Gasteiger partial charge in [0.05, 0.1) is 28.9 Å². The molecule has 1 amide bonds. The van der Waals surface area contributed by atoms with Gasteiger partial charge in [-0.1, -0.05) is 30.3 Å². The Labute approximate surface area is 167 Å². The Bertz CT molecular complexity index is 1110. The van der Waals surface area contributed by atoms with Crippen LogP contribution >= 0.6 is 11.3 Å². The van der Waals surface area contributed by atoms with E-state index in [1.54, 1.807) is 10.7 Å². The monoisotopic (exact) mass is 416 g/mol. The van der Waals surface area contributed by atoms with Gasteiger partial charge in [0, 0.05) is 4.88 Å². The second kappa shape index (κ2) is 7.14. The van der Waals surface area contributed by atoms with Gasteiger partial charge in [0.1, 0.15) is 0 Å². The van der Waals surface area contributed by atoms with Crippen molar-refractivity contribution in [2.45, 2.75) is 26.3 Å². The van der Waals surface area contributed by atoms with E-state index in [2.05, 4.69) is 15.4 Å². The molecular weight excluding hydrogens is 396 g/mol. The molecule has 3 heterocycles. The predicted octanol–water partition coefficient (Wildman–Crippen LogP) is 3.24. The number of hydrogen-bond acceptors (Lipinski definition) is 6. The van der Waals surface area contributed by atoms with Gasteiger partial charge in [-0.2, -0.15) is 5.10 Å². The molecule has 9 heteroatoms. The van der Waals surface area contributed by atoms with Gasteiger partial charge < -0.3 is 0 Å². The zero-order chi connectivity index (χ0) is 19.9. The molecule has 0 bridgehead atoms. The lowest BCUT2D eigenvalue weighted by atomic mass is 10.1. The van der Waals surface area contributed by atoms with E-state index in [4.69, 9.17) is 0 Å². The Morgan fingerprint density at radius 1 is 1.25 bits per heavy atom. The minimum absolute atomic E-state index is 0.0421. The maximum absolute atomic E-state index is 12.7. The lowest BCUT2D eigenvalue weighted by Crippen LogP contribution is -2.16. The van der Waals surface area contributed by atoms with E-state index in [-0.39, 0.29) is 29.1 Å². The third-order valence-corrected chi connectivity index (χ3v) is 7.58. The van der Waals surface area contributed by atoms with Gasteiger partial charge >= 0.3 is 0 Å². The van der Waals surface area contributed by atoms with Crippen LogP contribution in [0.1, 0.15) is 33.5 Å². The van der Waals surface area contributed by atoms with Crippen LogP contribution in [-0.2, 0) is 9.84 Å². The summed E-state index contributed by atoms with van der Waals surface area (Å²) in [7, 11) is -3.07. The summed E-state index contributed by atoms with van der Waals surface area (Å²) in [6, 6.07) is 11.0. The van der Waals surface area contributed by atoms with Crippen molar-refractivity contribution >= 4 is 32.2 Å². The summed E-state index contributed by atoms with van der Waals surface area (Å²) in [5.74, 6) is -0.170. The fraction of sp³-hybridized carbons (Fsp3) is 0.316. The molecule has 0 radical (unpaired) electrons. The minimum atomic E-state index is -3.07. The van der Waals surface area contributed by atoms with Crippen molar-refractivity contribution in [3.63, 3.8) is 0 Å². The number of amides is 1. The standard InChI is InChI=1S/C19H20N4O3S2/c1-12-13(2)27-19(20-12)21-18(24)16-10-17(14-6-4-3-5-7-14)23(22-16)15-8-9-28(25,26)11-15/h3-7,10,15H,8-9,11H2,1-2H3,(H,20,21,24). The second-order valence-corrected chi connectivity index (χ2v) is 10.3. The number of benzene rings is 1. The van der Waals surface area contributed by atoms with E-state index in [0.717, 1.165) is 21.8 Å². The highest BCUT2D eigenvalue weighted by Gasteiger charge is 2.32. The van der Waals surface area contributed by atoms with E-state index >= 15 is 0 Å². The molecule has 28 heavy (non-hydrogen) atoms. The fourth-order valence-corrected chi connectivity index (χ4v) is 5.77. The predicted molar refractivity (Wildman–Crippen MR) is 110 cm³/mol. The molecule has 1 N–H and O–H groups in total. The van der Waals surface area contributed by atoms with Gasteiger partial charge in [-0.25, -0.2) is 13.4 Å². The van der Waals surface area contributed by atoms with Crippen molar-refractivity contribution in [2.24, 2.45) is 0 Å². The Morgan fingerprint density at radius 3 is 2.61 bits per heavy atom. The first-order valence-corrected chi connectivity index (χ1v) is 11.6. The molecule has 1 atom stereocenters. The molecule has 146 valence electrons. The van der Waals surface area contributed by atoms with Crippen LogP contribution < -0.4 is 5.32 Å². The van der Waals surface area contributed by atoms with Crippen molar-refractivity contribution < 1.29 is 13.2 Å². The Kier molecular flexibility index (Phi) is 4.80. The molecule has 1 aromatic carbocycles. The molecule has 1 aliphatic rings. The van der Waals surface area contributed by atoms with Gasteiger partial charge in [0.2, 0.25) is 0 Å². The minimum Gasteiger partial charge on any atom is -0.296 e. The number of carbonyl (C=O) groups excluding carboxylic acids is 1. The molecular formula is C19H20N4O3S2. The molecule has 0 spiro atoms. The summed E-state index contributed by atoms with van der Waals surface area (Å²) in [5.41, 5.74) is 2.75. The number of rotatable bonds is 4. The lowest BCUT2D eigenvalue weighted by Gasteiger charge is -2.13. The number of thiazole rings is 1. The van der Waals surface area contributed by atoms with Crippen molar-refractivity contribution in [3.05, 3.63) is 52.7 Å². The van der Waals surface area contributed by atoms with Gasteiger partial charge in [-0.05, 0) is 31.9 Å². The zero-order valence-electron chi connectivity index (χ0n) is 15.5. The Balaban J connectivity index is 1.69. The van der Waals surface area contributed by atoms with Crippen LogP contribution in [0.5, 0.6) is 0 Å². The van der Waals surface area contributed by atoms with Crippen LogP contribution in [0, 0.1) is 13.8 Å². The number of hydrogen-bond donors (Lipinski definition) is 1. The number of aryl methyl sites for hydroxylation is 2. The van der Waals surface area contributed by atoms with Gasteiger partial charge in [0.25, 0.3) is 5.91 Å². The highest BCUT2D eigenvalue weighted by molar-refractivity contribution is 7.91. The zero-order valence-corrected chi connectivity index (χ0v) is 17.2. The third-order valence-electron chi connectivity index (χ3n) is 4.84. The number of aromatic nitrogens is 3. The third kappa shape index (κ3) is 3.72. The summed E-state index contributed by atoms with van der Waals surface area (Å²) < 4.78 is 25.6. The second-order valence-electron chi connectivity index (χ2n) is 6.90. The average molecular weight is 417 g/mol. The lowest BCUT2D eigenvalue weighted by molar-refractivity contribution is 0.102. The SMILES string of the molecule is Cc1nc(NC(=O)c2cc(-c3ccccc3)n(C3CCS(=O)(=O)C3)n2)sc1C. The van der Waals surface area contributed by atoms with Crippen LogP contribution in [0.2, 0.25) is 0 Å². The van der Waals surface area contributed by atoms with E-state index in [1.807, 2.05) is 44.2 Å². The molecule has 4 rings (SSSR count). The van der Waals surface area contributed by atoms with Crippen LogP contribution in [-0.4, -0.2) is 40.6 Å².